The zero-order chi connectivity index (χ0) is 9.52. The van der Waals surface area contributed by atoms with E-state index in [1.807, 2.05) is 0 Å². The summed E-state index contributed by atoms with van der Waals surface area (Å²) in [4.78, 5) is 24.2. The van der Waals surface area contributed by atoms with Gasteiger partial charge in [-0.2, -0.15) is 9.89 Å². The SMILES string of the molecule is O=NCC(=O)SCCc1ncno1. The van der Waals surface area contributed by atoms with Crippen LogP contribution in [0.3, 0.4) is 0 Å². The Kier molecular flexibility index (Phi) is 4.10. The minimum absolute atomic E-state index is 0.241. The quantitative estimate of drug-likeness (QED) is 0.650. The molecule has 0 atom stereocenters. The fourth-order valence-corrected chi connectivity index (χ4v) is 1.31. The molecule has 1 rings (SSSR count). The number of nitrogens with zero attached hydrogens (tertiary/aromatic N) is 3. The van der Waals surface area contributed by atoms with Gasteiger partial charge < -0.3 is 4.52 Å². The third-order valence-electron chi connectivity index (χ3n) is 1.18. The smallest absolute Gasteiger partial charge is 0.227 e. The third kappa shape index (κ3) is 3.79. The van der Waals surface area contributed by atoms with Crippen LogP contribution in [0.25, 0.3) is 0 Å². The van der Waals surface area contributed by atoms with Crippen molar-refractivity contribution in [1.29, 1.82) is 0 Å². The number of carbonyl (C=O) groups is 1. The molecule has 13 heavy (non-hydrogen) atoms. The molecule has 0 saturated carbocycles. The molecule has 70 valence electrons. The van der Waals surface area contributed by atoms with Crippen molar-refractivity contribution in [3.63, 3.8) is 0 Å². The van der Waals surface area contributed by atoms with Crippen LogP contribution in [0.5, 0.6) is 0 Å². The Labute approximate surface area is 78.1 Å². The molecule has 0 saturated heterocycles. The van der Waals surface area contributed by atoms with Crippen molar-refractivity contribution in [3.05, 3.63) is 17.1 Å². The van der Waals surface area contributed by atoms with Crippen LogP contribution in [0.1, 0.15) is 5.89 Å². The van der Waals surface area contributed by atoms with Gasteiger partial charge in [-0.3, -0.25) is 4.79 Å². The van der Waals surface area contributed by atoms with Gasteiger partial charge in [0.15, 0.2) is 6.33 Å². The van der Waals surface area contributed by atoms with E-state index >= 15 is 0 Å². The second-order valence-electron chi connectivity index (χ2n) is 2.09. The summed E-state index contributed by atoms with van der Waals surface area (Å²) in [5.74, 6) is 1.01. The van der Waals surface area contributed by atoms with E-state index in [0.717, 1.165) is 11.8 Å². The summed E-state index contributed by atoms with van der Waals surface area (Å²) in [7, 11) is 0. The molecule has 0 unspecified atom stereocenters. The van der Waals surface area contributed by atoms with Crippen LogP contribution in [0.15, 0.2) is 16.0 Å². The van der Waals surface area contributed by atoms with Gasteiger partial charge in [0.05, 0.1) is 0 Å². The van der Waals surface area contributed by atoms with Crippen molar-refractivity contribution in [2.75, 3.05) is 12.3 Å². The molecule has 0 amide bonds. The zero-order valence-corrected chi connectivity index (χ0v) is 7.49. The lowest BCUT2D eigenvalue weighted by Crippen LogP contribution is -1.99. The lowest BCUT2D eigenvalue weighted by atomic mass is 10.5. The van der Waals surface area contributed by atoms with E-state index < -0.39 is 0 Å². The van der Waals surface area contributed by atoms with Crippen molar-refractivity contribution in [2.24, 2.45) is 5.18 Å². The molecule has 0 radical (unpaired) electrons. The monoisotopic (exact) mass is 201 g/mol. The fourth-order valence-electron chi connectivity index (χ4n) is 0.657. The largest absolute Gasteiger partial charge is 0.340 e. The third-order valence-corrected chi connectivity index (χ3v) is 2.04. The molecule has 0 N–H and O–H groups in total. The summed E-state index contributed by atoms with van der Waals surface area (Å²) in [5.41, 5.74) is 0. The van der Waals surface area contributed by atoms with E-state index in [4.69, 9.17) is 4.52 Å². The van der Waals surface area contributed by atoms with Crippen LogP contribution in [-0.4, -0.2) is 27.6 Å². The van der Waals surface area contributed by atoms with Crippen LogP contribution >= 0.6 is 11.8 Å². The van der Waals surface area contributed by atoms with Gasteiger partial charge in [-0.25, -0.2) is 0 Å². The van der Waals surface area contributed by atoms with E-state index in [9.17, 15) is 9.70 Å². The van der Waals surface area contributed by atoms with E-state index in [1.54, 1.807) is 0 Å². The Hall–Kier alpha value is -1.24. The second-order valence-corrected chi connectivity index (χ2v) is 3.24. The van der Waals surface area contributed by atoms with Gasteiger partial charge >= 0.3 is 0 Å². The number of thioether (sulfide) groups is 1. The number of aryl methyl sites for hydroxylation is 1. The summed E-state index contributed by atoms with van der Waals surface area (Å²) in [6.45, 7) is -0.283. The molecule has 0 bridgehead atoms. The molecule has 0 aliphatic carbocycles. The topological polar surface area (TPSA) is 85.4 Å². The first-order valence-corrected chi connectivity index (χ1v) is 4.52. The van der Waals surface area contributed by atoms with Gasteiger partial charge in [0.2, 0.25) is 11.0 Å². The van der Waals surface area contributed by atoms with Gasteiger partial charge in [0.1, 0.15) is 6.54 Å². The van der Waals surface area contributed by atoms with Gasteiger partial charge in [-0.1, -0.05) is 22.1 Å². The molecule has 1 heterocycles. The molecular formula is C6H7N3O3S. The van der Waals surface area contributed by atoms with Gasteiger partial charge in [0.25, 0.3) is 0 Å². The number of carbonyl (C=O) groups excluding carboxylic acids is 1. The van der Waals surface area contributed by atoms with Crippen molar-refractivity contribution >= 4 is 16.9 Å². The Morgan fingerprint density at radius 3 is 3.15 bits per heavy atom. The maximum absolute atomic E-state index is 10.8. The number of hydrogen-bond donors (Lipinski definition) is 0. The molecule has 1 aromatic heterocycles. The average Bonchev–Trinajstić information content (AvgIpc) is 2.57. The van der Waals surface area contributed by atoms with Crippen LogP contribution in [0.4, 0.5) is 0 Å². The summed E-state index contributed by atoms with van der Waals surface area (Å²) in [6, 6.07) is 0. The van der Waals surface area contributed by atoms with Crippen LogP contribution < -0.4 is 0 Å². The summed E-state index contributed by atoms with van der Waals surface area (Å²) < 4.78 is 4.70. The predicted molar refractivity (Wildman–Crippen MR) is 46.1 cm³/mol. The second kappa shape index (κ2) is 5.41. The van der Waals surface area contributed by atoms with Crippen LogP contribution in [-0.2, 0) is 11.2 Å². The van der Waals surface area contributed by atoms with E-state index in [-0.39, 0.29) is 11.7 Å². The highest BCUT2D eigenvalue weighted by Crippen LogP contribution is 2.05. The van der Waals surface area contributed by atoms with Crippen LogP contribution in [0.2, 0.25) is 0 Å². The molecular weight excluding hydrogens is 194 g/mol. The van der Waals surface area contributed by atoms with Crippen molar-refractivity contribution < 1.29 is 9.32 Å². The molecule has 0 aliphatic rings. The van der Waals surface area contributed by atoms with Crippen molar-refractivity contribution in [3.8, 4) is 0 Å². The average molecular weight is 201 g/mol. The Morgan fingerprint density at radius 2 is 2.54 bits per heavy atom. The highest BCUT2D eigenvalue weighted by molar-refractivity contribution is 8.13. The number of aromatic nitrogens is 2. The predicted octanol–water partition coefficient (Wildman–Crippen LogP) is 0.638. The number of hydrogen-bond acceptors (Lipinski definition) is 7. The molecule has 0 spiro atoms. The summed E-state index contributed by atoms with van der Waals surface area (Å²) in [6.07, 6.45) is 1.82. The Balaban J connectivity index is 2.14. The van der Waals surface area contributed by atoms with Gasteiger partial charge in [-0.05, 0) is 0 Å². The molecule has 7 heteroatoms. The Morgan fingerprint density at radius 1 is 1.69 bits per heavy atom. The first-order valence-electron chi connectivity index (χ1n) is 3.53. The minimum atomic E-state index is -0.283. The number of nitroso groups, excluding NO2 is 1. The first-order chi connectivity index (χ1) is 6.33. The van der Waals surface area contributed by atoms with Gasteiger partial charge in [-0.15, -0.1) is 0 Å². The van der Waals surface area contributed by atoms with E-state index in [1.165, 1.54) is 6.33 Å². The standard InChI is InChI=1S/C6H7N3O3S/c10-6(3-8-11)13-2-1-5-7-4-9-12-5/h4H,1-3H2. The molecule has 0 aliphatic heterocycles. The van der Waals surface area contributed by atoms with E-state index in [2.05, 4.69) is 15.3 Å². The molecule has 1 aromatic rings. The first kappa shape index (κ1) is 9.85. The lowest BCUT2D eigenvalue weighted by molar-refractivity contribution is -0.109. The zero-order valence-electron chi connectivity index (χ0n) is 6.67. The normalized spacial score (nSPS) is 9.85. The lowest BCUT2D eigenvalue weighted by Gasteiger charge is -1.92. The number of rotatable bonds is 5. The molecule has 0 fully saturated rings. The van der Waals surface area contributed by atoms with E-state index in [0.29, 0.717) is 18.1 Å². The van der Waals surface area contributed by atoms with Crippen molar-refractivity contribution in [2.45, 2.75) is 6.42 Å². The van der Waals surface area contributed by atoms with Crippen molar-refractivity contribution in [1.82, 2.24) is 10.1 Å². The maximum atomic E-state index is 10.8. The highest BCUT2D eigenvalue weighted by Gasteiger charge is 2.04. The molecule has 6 nitrogen and oxygen atoms in total. The summed E-state index contributed by atoms with van der Waals surface area (Å²) in [5, 5.41) is 5.65. The fraction of sp³-hybridized carbons (Fsp3) is 0.500. The molecule has 0 aromatic carbocycles. The Bertz CT molecular complexity index is 275. The highest BCUT2D eigenvalue weighted by atomic mass is 32.2. The van der Waals surface area contributed by atoms with Crippen LogP contribution in [0, 0.1) is 4.91 Å². The minimum Gasteiger partial charge on any atom is -0.340 e. The maximum Gasteiger partial charge on any atom is 0.227 e. The summed E-state index contributed by atoms with van der Waals surface area (Å²) >= 11 is 1.04. The van der Waals surface area contributed by atoms with Gasteiger partial charge in [0, 0.05) is 12.2 Å².